The molecule has 8 nitrogen and oxygen atoms in total. The number of carbonyl (C=O) groups is 2. The van der Waals surface area contributed by atoms with Crippen LogP contribution in [0.15, 0.2) is 54.3 Å². The fraction of sp³-hybridized carbons (Fsp3) is 0.531. The minimum Gasteiger partial charge on any atom is -0.380 e. The number of amides is 3. The second-order valence-corrected chi connectivity index (χ2v) is 12.2. The number of alkyl halides is 3. The predicted molar refractivity (Wildman–Crippen MR) is 153 cm³/mol. The van der Waals surface area contributed by atoms with Gasteiger partial charge in [0, 0.05) is 24.7 Å². The molecule has 6 rings (SSSR count). The van der Waals surface area contributed by atoms with E-state index in [9.17, 15) is 22.8 Å². The summed E-state index contributed by atoms with van der Waals surface area (Å²) < 4.78 is 40.3. The first-order chi connectivity index (χ1) is 20.7. The van der Waals surface area contributed by atoms with E-state index in [2.05, 4.69) is 28.6 Å². The molecule has 4 aliphatic rings. The number of halogens is 3. The molecule has 3 heterocycles. The Hall–Kier alpha value is -3.76. The van der Waals surface area contributed by atoms with Crippen molar-refractivity contribution in [2.45, 2.75) is 70.6 Å². The lowest BCUT2D eigenvalue weighted by atomic mass is 9.77. The largest absolute Gasteiger partial charge is 0.435 e. The Morgan fingerprint density at radius 2 is 1.91 bits per heavy atom. The highest BCUT2D eigenvalue weighted by Crippen LogP contribution is 2.39. The van der Waals surface area contributed by atoms with Crippen LogP contribution in [-0.2, 0) is 28.8 Å². The van der Waals surface area contributed by atoms with E-state index in [4.69, 9.17) is 4.84 Å². The lowest BCUT2D eigenvalue weighted by Crippen LogP contribution is -2.46. The summed E-state index contributed by atoms with van der Waals surface area (Å²) in [7, 11) is 0. The van der Waals surface area contributed by atoms with Gasteiger partial charge in [-0.05, 0) is 87.0 Å². The van der Waals surface area contributed by atoms with Crippen LogP contribution in [0, 0.1) is 24.7 Å². The molecule has 3 atom stereocenters. The maximum absolute atomic E-state index is 13.7. The summed E-state index contributed by atoms with van der Waals surface area (Å²) in [6.45, 7) is 2.80. The van der Waals surface area contributed by atoms with E-state index in [1.807, 2.05) is 24.3 Å². The Bertz CT molecular complexity index is 1410. The number of fused-ring (bicyclic) bond motifs is 2. The zero-order valence-electron chi connectivity index (χ0n) is 24.4. The Morgan fingerprint density at radius 1 is 1.12 bits per heavy atom. The number of allylic oxidation sites excluding steroid dienone is 4. The Kier molecular flexibility index (Phi) is 8.24. The molecule has 2 aromatic rings. The van der Waals surface area contributed by atoms with Crippen LogP contribution in [0.2, 0.25) is 0 Å². The highest BCUT2D eigenvalue weighted by Gasteiger charge is 2.39. The van der Waals surface area contributed by atoms with E-state index in [0.717, 1.165) is 61.5 Å². The quantitative estimate of drug-likeness (QED) is 0.473. The Labute approximate surface area is 249 Å². The molecule has 1 aromatic heterocycles. The number of likely N-dealkylation sites (tertiary alicyclic amines) is 1. The molecule has 2 fully saturated rings. The molecular weight excluding hydrogens is 559 g/mol. The molecule has 0 saturated carbocycles. The van der Waals surface area contributed by atoms with Gasteiger partial charge in [-0.2, -0.15) is 23.3 Å². The van der Waals surface area contributed by atoms with Crippen LogP contribution in [0.5, 0.6) is 0 Å². The lowest BCUT2D eigenvalue weighted by Gasteiger charge is -2.37. The molecule has 0 radical (unpaired) electrons. The molecule has 2 aliphatic heterocycles. The Morgan fingerprint density at radius 3 is 2.67 bits per heavy atom. The van der Waals surface area contributed by atoms with Gasteiger partial charge in [0.2, 0.25) is 5.91 Å². The zero-order chi connectivity index (χ0) is 30.1. The molecule has 1 aromatic carbocycles. The smallest absolute Gasteiger partial charge is 0.380 e. The number of aromatic nitrogens is 2. The number of nitrogens with zero attached hydrogens (tertiary/aromatic N) is 4. The molecule has 0 bridgehead atoms. The Balaban J connectivity index is 1.10. The molecule has 2 saturated heterocycles. The van der Waals surface area contributed by atoms with Gasteiger partial charge in [-0.1, -0.05) is 36.4 Å². The molecule has 2 aliphatic carbocycles. The van der Waals surface area contributed by atoms with Crippen LogP contribution in [0.25, 0.3) is 0 Å². The number of nitrogens with one attached hydrogen (secondary N) is 1. The van der Waals surface area contributed by atoms with Gasteiger partial charge in [0.15, 0.2) is 5.69 Å². The third-order valence-electron chi connectivity index (χ3n) is 9.43. The van der Waals surface area contributed by atoms with Gasteiger partial charge in [-0.25, -0.2) is 4.79 Å². The van der Waals surface area contributed by atoms with E-state index >= 15 is 0 Å². The van der Waals surface area contributed by atoms with Crippen LogP contribution >= 0.6 is 0 Å². The minimum absolute atomic E-state index is 0.0568. The van der Waals surface area contributed by atoms with Gasteiger partial charge in [0.25, 0.3) is 0 Å². The molecule has 0 spiro atoms. The number of urea groups is 1. The summed E-state index contributed by atoms with van der Waals surface area (Å²) in [4.78, 5) is 34.6. The summed E-state index contributed by atoms with van der Waals surface area (Å²) in [6, 6.07) is 8.94. The lowest BCUT2D eigenvalue weighted by molar-refractivity contribution is -0.142. The monoisotopic (exact) mass is 597 g/mol. The third-order valence-corrected chi connectivity index (χ3v) is 9.43. The van der Waals surface area contributed by atoms with Crippen molar-refractivity contribution in [2.24, 2.45) is 17.8 Å². The number of carbonyl (C=O) groups excluding carboxylic acids is 2. The van der Waals surface area contributed by atoms with E-state index in [1.165, 1.54) is 23.1 Å². The van der Waals surface area contributed by atoms with Crippen molar-refractivity contribution >= 4 is 11.9 Å². The van der Waals surface area contributed by atoms with Crippen molar-refractivity contribution in [1.29, 1.82) is 0 Å². The number of piperidine rings is 1. The van der Waals surface area contributed by atoms with Gasteiger partial charge in [0.1, 0.15) is 12.3 Å². The minimum atomic E-state index is -4.55. The summed E-state index contributed by atoms with van der Waals surface area (Å²) in [5, 5.41) is 8.35. The fourth-order valence-corrected chi connectivity index (χ4v) is 7.04. The van der Waals surface area contributed by atoms with Crippen LogP contribution < -0.4 is 5.32 Å². The van der Waals surface area contributed by atoms with E-state index in [-0.39, 0.29) is 42.3 Å². The number of hydroxylamine groups is 2. The SMILES string of the molecule is Cc1cc(C(F)(F)F)nn1CC(=O)N1CCC(C2CC3CC=CC=C3ON(C(=O)NC3CCCc4ccccc43)C2)CC1. The zero-order valence-corrected chi connectivity index (χ0v) is 24.4. The van der Waals surface area contributed by atoms with Crippen molar-refractivity contribution in [3.05, 3.63) is 76.8 Å². The van der Waals surface area contributed by atoms with Crippen molar-refractivity contribution in [1.82, 2.24) is 25.1 Å². The summed E-state index contributed by atoms with van der Waals surface area (Å²) >= 11 is 0. The highest BCUT2D eigenvalue weighted by atomic mass is 19.4. The predicted octanol–water partition coefficient (Wildman–Crippen LogP) is 5.95. The number of hydrogen-bond donors (Lipinski definition) is 1. The average Bonchev–Trinajstić information content (AvgIpc) is 3.25. The standard InChI is InChI=1S/C32H38F3N5O3/c1-21-17-29(32(33,34)35)37-39(21)20-30(41)38-15-13-22(14-16-38)25-18-24-8-3-5-12-28(24)43-40(19-25)31(42)36-27-11-6-9-23-7-2-4-10-26(23)27/h2-5,7,10,12,17,22,24-25,27H,6,8-9,11,13-16,18-20H2,1H3,(H,36,42). The molecular formula is C32H38F3N5O3. The summed E-state index contributed by atoms with van der Waals surface area (Å²) in [6.07, 6.45) is 7.69. The van der Waals surface area contributed by atoms with Crippen molar-refractivity contribution in [3.63, 3.8) is 0 Å². The van der Waals surface area contributed by atoms with E-state index < -0.39 is 11.9 Å². The first-order valence-electron chi connectivity index (χ1n) is 15.3. The second kappa shape index (κ2) is 12.1. The van der Waals surface area contributed by atoms with Gasteiger partial charge in [-0.15, -0.1) is 0 Å². The molecule has 11 heteroatoms. The van der Waals surface area contributed by atoms with Crippen LogP contribution in [0.4, 0.5) is 18.0 Å². The van der Waals surface area contributed by atoms with Gasteiger partial charge >= 0.3 is 12.2 Å². The normalized spacial score (nSPS) is 24.4. The van der Waals surface area contributed by atoms with Crippen molar-refractivity contribution in [2.75, 3.05) is 19.6 Å². The van der Waals surface area contributed by atoms with Crippen LogP contribution in [-0.4, -0.2) is 51.3 Å². The van der Waals surface area contributed by atoms with Gasteiger partial charge < -0.3 is 15.1 Å². The van der Waals surface area contributed by atoms with Gasteiger partial charge in [-0.3, -0.25) is 9.48 Å². The number of hydrogen-bond acceptors (Lipinski definition) is 4. The first kappa shape index (κ1) is 29.3. The molecule has 230 valence electrons. The number of benzene rings is 1. The van der Waals surface area contributed by atoms with Crippen LogP contribution in [0.1, 0.15) is 67.1 Å². The maximum atomic E-state index is 13.7. The molecule has 43 heavy (non-hydrogen) atoms. The first-order valence-corrected chi connectivity index (χ1v) is 15.3. The number of aryl methyl sites for hydroxylation is 2. The highest BCUT2D eigenvalue weighted by molar-refractivity contribution is 5.76. The third kappa shape index (κ3) is 6.45. The molecule has 1 N–H and O–H groups in total. The van der Waals surface area contributed by atoms with E-state index in [1.54, 1.807) is 4.90 Å². The van der Waals surface area contributed by atoms with Crippen molar-refractivity contribution < 1.29 is 27.6 Å². The van der Waals surface area contributed by atoms with Crippen LogP contribution in [0.3, 0.4) is 0 Å². The molecule has 3 unspecified atom stereocenters. The maximum Gasteiger partial charge on any atom is 0.435 e. The molecule has 3 amide bonds. The average molecular weight is 598 g/mol. The van der Waals surface area contributed by atoms with Gasteiger partial charge in [0.05, 0.1) is 12.6 Å². The summed E-state index contributed by atoms with van der Waals surface area (Å²) in [5.41, 5.74) is 1.76. The topological polar surface area (TPSA) is 79.7 Å². The summed E-state index contributed by atoms with van der Waals surface area (Å²) in [5.74, 6) is 1.23. The fourth-order valence-electron chi connectivity index (χ4n) is 7.04. The number of rotatable bonds is 4. The van der Waals surface area contributed by atoms with Crippen molar-refractivity contribution in [3.8, 4) is 0 Å². The second-order valence-electron chi connectivity index (χ2n) is 12.2. The van der Waals surface area contributed by atoms with E-state index in [0.29, 0.717) is 25.3 Å².